The van der Waals surface area contributed by atoms with Crippen LogP contribution in [0.5, 0.6) is 0 Å². The molecular formula is C14H14O. The van der Waals surface area contributed by atoms with E-state index in [1.54, 1.807) is 0 Å². The summed E-state index contributed by atoms with van der Waals surface area (Å²) in [6.07, 6.45) is 5.32. The van der Waals surface area contributed by atoms with Crippen molar-refractivity contribution in [3.8, 4) is 11.8 Å². The van der Waals surface area contributed by atoms with Crippen molar-refractivity contribution in [2.75, 3.05) is 0 Å². The molecular weight excluding hydrogens is 184 g/mol. The first kappa shape index (κ1) is 9.00. The Hall–Kier alpha value is -1.26. The molecule has 0 radical (unpaired) electrons. The van der Waals surface area contributed by atoms with Crippen LogP contribution in [0, 0.1) is 11.8 Å². The van der Waals surface area contributed by atoms with Gasteiger partial charge in [-0.25, -0.2) is 0 Å². The van der Waals surface area contributed by atoms with Crippen LogP contribution in [0.1, 0.15) is 31.2 Å². The van der Waals surface area contributed by atoms with E-state index in [1.165, 1.54) is 19.3 Å². The van der Waals surface area contributed by atoms with E-state index in [-0.39, 0.29) is 5.60 Å². The molecule has 15 heavy (non-hydrogen) atoms. The summed E-state index contributed by atoms with van der Waals surface area (Å²) >= 11 is 0. The van der Waals surface area contributed by atoms with Crippen molar-refractivity contribution in [1.29, 1.82) is 0 Å². The zero-order valence-corrected chi connectivity index (χ0v) is 8.70. The van der Waals surface area contributed by atoms with Crippen molar-refractivity contribution in [2.45, 2.75) is 37.4 Å². The van der Waals surface area contributed by atoms with Gasteiger partial charge in [0.15, 0.2) is 5.60 Å². The van der Waals surface area contributed by atoms with E-state index >= 15 is 0 Å². The Balaban J connectivity index is 1.79. The van der Waals surface area contributed by atoms with E-state index in [9.17, 15) is 0 Å². The molecule has 1 aromatic rings. The van der Waals surface area contributed by atoms with Crippen LogP contribution in [-0.2, 0) is 4.74 Å². The largest absolute Gasteiger partial charge is 0.352 e. The van der Waals surface area contributed by atoms with Crippen molar-refractivity contribution in [1.82, 2.24) is 0 Å². The standard InChI is InChI=1S/C14H14O/c1-2-6-12(7-3-1)9-11-14-10-5-4-8-13(14)15-14/h1-3,6-7,13H,4-5,8,10H2/t13-,14-/m1/s1. The van der Waals surface area contributed by atoms with Gasteiger partial charge in [-0.15, -0.1) is 0 Å². The summed E-state index contributed by atoms with van der Waals surface area (Å²) < 4.78 is 5.71. The minimum atomic E-state index is -0.0614. The lowest BCUT2D eigenvalue weighted by atomic mass is 9.89. The number of ether oxygens (including phenoxy) is 1. The Bertz CT molecular complexity index is 412. The summed E-state index contributed by atoms with van der Waals surface area (Å²) in [6.45, 7) is 0. The maximum absolute atomic E-state index is 5.71. The normalized spacial score (nSPS) is 32.4. The molecule has 0 aromatic heterocycles. The van der Waals surface area contributed by atoms with Gasteiger partial charge in [-0.1, -0.05) is 36.5 Å². The van der Waals surface area contributed by atoms with E-state index in [2.05, 4.69) is 11.8 Å². The minimum absolute atomic E-state index is 0.0614. The number of hydrogen-bond donors (Lipinski definition) is 0. The molecule has 1 aromatic carbocycles. The van der Waals surface area contributed by atoms with Gasteiger partial charge in [0.25, 0.3) is 0 Å². The second-order valence-corrected chi connectivity index (χ2v) is 4.36. The van der Waals surface area contributed by atoms with Crippen LogP contribution in [0.4, 0.5) is 0 Å². The highest BCUT2D eigenvalue weighted by atomic mass is 16.6. The third-order valence-electron chi connectivity index (χ3n) is 3.27. The van der Waals surface area contributed by atoms with Gasteiger partial charge in [0.2, 0.25) is 0 Å². The zero-order valence-electron chi connectivity index (χ0n) is 8.70. The molecule has 1 saturated heterocycles. The number of epoxide rings is 1. The Morgan fingerprint density at radius 2 is 2.07 bits per heavy atom. The van der Waals surface area contributed by atoms with Crippen LogP contribution in [0.2, 0.25) is 0 Å². The van der Waals surface area contributed by atoms with Crippen LogP contribution >= 0.6 is 0 Å². The molecule has 0 bridgehead atoms. The summed E-state index contributed by atoms with van der Waals surface area (Å²) in [5, 5.41) is 0. The van der Waals surface area contributed by atoms with Gasteiger partial charge in [-0.3, -0.25) is 0 Å². The van der Waals surface area contributed by atoms with Crippen molar-refractivity contribution >= 4 is 0 Å². The van der Waals surface area contributed by atoms with E-state index < -0.39 is 0 Å². The van der Waals surface area contributed by atoms with Crippen LogP contribution < -0.4 is 0 Å². The Morgan fingerprint density at radius 1 is 1.20 bits per heavy atom. The number of rotatable bonds is 0. The molecule has 1 saturated carbocycles. The second kappa shape index (κ2) is 3.40. The maximum atomic E-state index is 5.71. The fourth-order valence-electron chi connectivity index (χ4n) is 2.32. The van der Waals surface area contributed by atoms with E-state index in [0.717, 1.165) is 12.0 Å². The van der Waals surface area contributed by atoms with Crippen LogP contribution in [0.25, 0.3) is 0 Å². The molecule has 0 amide bonds. The van der Waals surface area contributed by atoms with Gasteiger partial charge in [0.05, 0.1) is 6.10 Å². The van der Waals surface area contributed by atoms with Crippen molar-refractivity contribution < 1.29 is 4.74 Å². The Kier molecular flexibility index (Phi) is 2.04. The highest BCUT2D eigenvalue weighted by molar-refractivity contribution is 5.39. The smallest absolute Gasteiger partial charge is 0.155 e. The Labute approximate surface area is 90.5 Å². The molecule has 2 fully saturated rings. The van der Waals surface area contributed by atoms with Crippen molar-refractivity contribution in [3.05, 3.63) is 35.9 Å². The molecule has 1 heteroatoms. The third-order valence-corrected chi connectivity index (χ3v) is 3.27. The minimum Gasteiger partial charge on any atom is -0.352 e. The first-order valence-corrected chi connectivity index (χ1v) is 5.65. The third kappa shape index (κ3) is 1.66. The van der Waals surface area contributed by atoms with Crippen molar-refractivity contribution in [3.63, 3.8) is 0 Å². The van der Waals surface area contributed by atoms with Gasteiger partial charge < -0.3 is 4.74 Å². The van der Waals surface area contributed by atoms with Gasteiger partial charge in [0, 0.05) is 5.56 Å². The molecule has 1 aliphatic carbocycles. The SMILES string of the molecule is C(#C[C@]12CCCC[C@H]1O2)c1ccccc1. The summed E-state index contributed by atoms with van der Waals surface area (Å²) in [4.78, 5) is 0. The number of hydrogen-bond acceptors (Lipinski definition) is 1. The molecule has 0 N–H and O–H groups in total. The first-order valence-electron chi connectivity index (χ1n) is 5.65. The van der Waals surface area contributed by atoms with Crippen LogP contribution in [-0.4, -0.2) is 11.7 Å². The lowest BCUT2D eigenvalue weighted by Gasteiger charge is -2.10. The van der Waals surface area contributed by atoms with Gasteiger partial charge in [0.1, 0.15) is 0 Å². The lowest BCUT2D eigenvalue weighted by molar-refractivity contribution is 0.336. The van der Waals surface area contributed by atoms with Gasteiger partial charge >= 0.3 is 0 Å². The van der Waals surface area contributed by atoms with E-state index in [0.29, 0.717) is 6.10 Å². The fraction of sp³-hybridized carbons (Fsp3) is 0.429. The van der Waals surface area contributed by atoms with Crippen LogP contribution in [0.3, 0.4) is 0 Å². The lowest BCUT2D eigenvalue weighted by Crippen LogP contribution is -2.16. The average molecular weight is 198 g/mol. The summed E-state index contributed by atoms with van der Waals surface area (Å²) in [7, 11) is 0. The Morgan fingerprint density at radius 3 is 2.87 bits per heavy atom. The van der Waals surface area contributed by atoms with Gasteiger partial charge in [-0.05, 0) is 31.4 Å². The van der Waals surface area contributed by atoms with Gasteiger partial charge in [-0.2, -0.15) is 0 Å². The topological polar surface area (TPSA) is 12.5 Å². The predicted octanol–water partition coefficient (Wildman–Crippen LogP) is 2.75. The summed E-state index contributed by atoms with van der Waals surface area (Å²) in [6, 6.07) is 10.1. The zero-order chi connectivity index (χ0) is 10.1. The quantitative estimate of drug-likeness (QED) is 0.461. The molecule has 1 nitrogen and oxygen atoms in total. The molecule has 76 valence electrons. The molecule has 1 heterocycles. The molecule has 0 spiro atoms. The molecule has 2 aliphatic rings. The highest BCUT2D eigenvalue weighted by Crippen LogP contribution is 2.47. The molecule has 0 unspecified atom stereocenters. The average Bonchev–Trinajstić information content (AvgIpc) is 3.03. The molecule has 3 rings (SSSR count). The first-order chi connectivity index (χ1) is 7.39. The second-order valence-electron chi connectivity index (χ2n) is 4.36. The number of fused-ring (bicyclic) bond motifs is 1. The summed E-state index contributed by atoms with van der Waals surface area (Å²) in [5.74, 6) is 6.54. The molecule has 2 atom stereocenters. The van der Waals surface area contributed by atoms with E-state index in [4.69, 9.17) is 4.74 Å². The summed E-state index contributed by atoms with van der Waals surface area (Å²) in [5.41, 5.74) is 1.03. The maximum Gasteiger partial charge on any atom is 0.155 e. The monoisotopic (exact) mass is 198 g/mol. The fourth-order valence-corrected chi connectivity index (χ4v) is 2.32. The van der Waals surface area contributed by atoms with Crippen molar-refractivity contribution in [2.24, 2.45) is 0 Å². The number of benzene rings is 1. The van der Waals surface area contributed by atoms with E-state index in [1.807, 2.05) is 30.3 Å². The van der Waals surface area contributed by atoms with Crippen LogP contribution in [0.15, 0.2) is 30.3 Å². The highest BCUT2D eigenvalue weighted by Gasteiger charge is 2.56. The predicted molar refractivity (Wildman–Crippen MR) is 59.4 cm³/mol. The molecule has 1 aliphatic heterocycles.